The van der Waals surface area contributed by atoms with Gasteiger partial charge in [0.15, 0.2) is 0 Å². The Morgan fingerprint density at radius 1 is 1.23 bits per heavy atom. The van der Waals surface area contributed by atoms with Crippen molar-refractivity contribution in [2.24, 2.45) is 11.3 Å². The second-order valence-electron chi connectivity index (χ2n) is 5.03. The molecule has 0 radical (unpaired) electrons. The Morgan fingerprint density at radius 2 is 1.85 bits per heavy atom. The van der Waals surface area contributed by atoms with Crippen molar-refractivity contribution in [3.05, 3.63) is 0 Å². The van der Waals surface area contributed by atoms with Gasteiger partial charge in [0.2, 0.25) is 0 Å². The molecule has 0 fully saturated rings. The van der Waals surface area contributed by atoms with Crippen molar-refractivity contribution in [3.8, 4) is 0 Å². The van der Waals surface area contributed by atoms with Gasteiger partial charge in [0.05, 0.1) is 0 Å². The Bertz CT molecular complexity index is 118. The zero-order valence-electron chi connectivity index (χ0n) is 9.77. The maximum Gasteiger partial charge on any atom is 0.0433 e. The quantitative estimate of drug-likeness (QED) is 0.644. The van der Waals surface area contributed by atoms with E-state index in [1.807, 2.05) is 0 Å². The highest BCUT2D eigenvalue weighted by atomic mass is 16.3. The monoisotopic (exact) mass is 186 g/mol. The van der Waals surface area contributed by atoms with E-state index in [0.29, 0.717) is 17.9 Å². The van der Waals surface area contributed by atoms with E-state index in [2.05, 4.69) is 27.7 Å². The molecular weight excluding hydrogens is 160 g/mol. The predicted molar refractivity (Wildman–Crippen MR) is 58.8 cm³/mol. The average Bonchev–Trinajstić information content (AvgIpc) is 2.05. The standard InChI is InChI=1S/C12H26O/c1-5-12(3,4)9-6-7-11(2)8-10-13/h11,13H,5-10H2,1-4H3. The van der Waals surface area contributed by atoms with Gasteiger partial charge in [0.1, 0.15) is 0 Å². The fourth-order valence-corrected chi connectivity index (χ4v) is 1.47. The molecule has 13 heavy (non-hydrogen) atoms. The zero-order chi connectivity index (χ0) is 10.3. The van der Waals surface area contributed by atoms with Gasteiger partial charge in [-0.15, -0.1) is 0 Å². The molecular formula is C12H26O. The minimum absolute atomic E-state index is 0.346. The van der Waals surface area contributed by atoms with Gasteiger partial charge in [-0.05, 0) is 24.2 Å². The van der Waals surface area contributed by atoms with Crippen LogP contribution in [0.5, 0.6) is 0 Å². The highest BCUT2D eigenvalue weighted by Crippen LogP contribution is 2.28. The van der Waals surface area contributed by atoms with Gasteiger partial charge in [0.25, 0.3) is 0 Å². The molecule has 0 amide bonds. The number of rotatable bonds is 7. The second kappa shape index (κ2) is 6.42. The lowest BCUT2D eigenvalue weighted by Gasteiger charge is -2.23. The Hall–Kier alpha value is -0.0400. The lowest BCUT2D eigenvalue weighted by atomic mass is 9.83. The molecule has 1 heteroatoms. The van der Waals surface area contributed by atoms with Crippen molar-refractivity contribution in [3.63, 3.8) is 0 Å². The van der Waals surface area contributed by atoms with Crippen LogP contribution in [0, 0.1) is 11.3 Å². The molecule has 0 aromatic heterocycles. The first-order chi connectivity index (χ1) is 6.02. The fraction of sp³-hybridized carbons (Fsp3) is 1.00. The van der Waals surface area contributed by atoms with Crippen LogP contribution in [0.2, 0.25) is 0 Å². The molecule has 0 bridgehead atoms. The van der Waals surface area contributed by atoms with Crippen molar-refractivity contribution < 1.29 is 5.11 Å². The summed E-state index contributed by atoms with van der Waals surface area (Å²) in [5.41, 5.74) is 0.513. The molecule has 1 unspecified atom stereocenters. The summed E-state index contributed by atoms with van der Waals surface area (Å²) in [6, 6.07) is 0. The first-order valence-electron chi connectivity index (χ1n) is 5.62. The lowest BCUT2D eigenvalue weighted by molar-refractivity contribution is 0.247. The number of hydrogen-bond acceptors (Lipinski definition) is 1. The first-order valence-corrected chi connectivity index (χ1v) is 5.62. The molecule has 0 spiro atoms. The molecule has 1 N–H and O–H groups in total. The van der Waals surface area contributed by atoms with E-state index in [4.69, 9.17) is 5.11 Å². The second-order valence-corrected chi connectivity index (χ2v) is 5.03. The van der Waals surface area contributed by atoms with Crippen LogP contribution in [-0.2, 0) is 0 Å². The predicted octanol–water partition coefficient (Wildman–Crippen LogP) is 3.61. The van der Waals surface area contributed by atoms with Crippen molar-refractivity contribution in [2.75, 3.05) is 6.61 Å². The molecule has 0 aromatic rings. The minimum Gasteiger partial charge on any atom is -0.396 e. The third-order valence-corrected chi connectivity index (χ3v) is 3.13. The van der Waals surface area contributed by atoms with Crippen molar-refractivity contribution in [1.29, 1.82) is 0 Å². The molecule has 0 aliphatic carbocycles. The van der Waals surface area contributed by atoms with Crippen LogP contribution in [0.1, 0.15) is 59.8 Å². The Kier molecular flexibility index (Phi) is 6.40. The summed E-state index contributed by atoms with van der Waals surface area (Å²) in [4.78, 5) is 0. The summed E-state index contributed by atoms with van der Waals surface area (Å²) in [7, 11) is 0. The highest BCUT2D eigenvalue weighted by Gasteiger charge is 2.14. The molecule has 0 rings (SSSR count). The van der Waals surface area contributed by atoms with Crippen LogP contribution in [0.4, 0.5) is 0 Å². The van der Waals surface area contributed by atoms with Gasteiger partial charge in [-0.25, -0.2) is 0 Å². The number of hydrogen-bond donors (Lipinski definition) is 1. The van der Waals surface area contributed by atoms with E-state index in [1.165, 1.54) is 25.7 Å². The van der Waals surface area contributed by atoms with E-state index in [-0.39, 0.29) is 0 Å². The molecule has 0 saturated heterocycles. The molecule has 80 valence electrons. The number of aliphatic hydroxyl groups excluding tert-OH is 1. The van der Waals surface area contributed by atoms with E-state index in [9.17, 15) is 0 Å². The topological polar surface area (TPSA) is 20.2 Å². The van der Waals surface area contributed by atoms with Gasteiger partial charge in [-0.2, -0.15) is 0 Å². The van der Waals surface area contributed by atoms with Crippen LogP contribution in [0.25, 0.3) is 0 Å². The van der Waals surface area contributed by atoms with Crippen LogP contribution >= 0.6 is 0 Å². The van der Waals surface area contributed by atoms with E-state index >= 15 is 0 Å². The van der Waals surface area contributed by atoms with Crippen molar-refractivity contribution in [2.45, 2.75) is 59.8 Å². The van der Waals surface area contributed by atoms with Gasteiger partial charge in [-0.3, -0.25) is 0 Å². The molecule has 0 aliphatic heterocycles. The van der Waals surface area contributed by atoms with Crippen LogP contribution in [-0.4, -0.2) is 11.7 Å². The number of aliphatic hydroxyl groups is 1. The molecule has 1 nitrogen and oxygen atoms in total. The summed E-state index contributed by atoms with van der Waals surface area (Å²) in [6.45, 7) is 9.51. The summed E-state index contributed by atoms with van der Waals surface area (Å²) < 4.78 is 0. The maximum atomic E-state index is 8.74. The van der Waals surface area contributed by atoms with Gasteiger partial charge in [-0.1, -0.05) is 47.0 Å². The third kappa shape index (κ3) is 7.06. The normalized spacial score (nSPS) is 14.5. The molecule has 0 aromatic carbocycles. The first kappa shape index (κ1) is 13.0. The van der Waals surface area contributed by atoms with Gasteiger partial charge < -0.3 is 5.11 Å². The third-order valence-electron chi connectivity index (χ3n) is 3.13. The minimum atomic E-state index is 0.346. The van der Waals surface area contributed by atoms with Crippen molar-refractivity contribution >= 4 is 0 Å². The van der Waals surface area contributed by atoms with Crippen molar-refractivity contribution in [1.82, 2.24) is 0 Å². The lowest BCUT2D eigenvalue weighted by Crippen LogP contribution is -2.10. The molecule has 0 saturated carbocycles. The Labute approximate surface area is 83.5 Å². The van der Waals surface area contributed by atoms with Crippen LogP contribution in [0.3, 0.4) is 0 Å². The summed E-state index contributed by atoms with van der Waals surface area (Å²) in [5, 5.41) is 8.74. The van der Waals surface area contributed by atoms with Gasteiger partial charge in [0, 0.05) is 6.61 Å². The highest BCUT2D eigenvalue weighted by molar-refractivity contribution is 4.66. The fourth-order valence-electron chi connectivity index (χ4n) is 1.47. The molecule has 0 heterocycles. The zero-order valence-corrected chi connectivity index (χ0v) is 9.77. The Balaban J connectivity index is 3.44. The van der Waals surface area contributed by atoms with E-state index < -0.39 is 0 Å². The van der Waals surface area contributed by atoms with Gasteiger partial charge >= 0.3 is 0 Å². The summed E-state index contributed by atoms with van der Waals surface area (Å²) in [5.74, 6) is 0.692. The smallest absolute Gasteiger partial charge is 0.0433 e. The maximum absolute atomic E-state index is 8.74. The summed E-state index contributed by atoms with van der Waals surface area (Å²) >= 11 is 0. The SMILES string of the molecule is CCC(C)(C)CCCC(C)CCO. The van der Waals surface area contributed by atoms with Crippen LogP contribution < -0.4 is 0 Å². The molecule has 1 atom stereocenters. The molecule has 0 aliphatic rings. The summed E-state index contributed by atoms with van der Waals surface area (Å²) in [6.07, 6.45) is 6.12. The van der Waals surface area contributed by atoms with Crippen LogP contribution in [0.15, 0.2) is 0 Å². The average molecular weight is 186 g/mol. The Morgan fingerprint density at radius 3 is 2.31 bits per heavy atom. The largest absolute Gasteiger partial charge is 0.396 e. The van der Waals surface area contributed by atoms with E-state index in [0.717, 1.165) is 6.42 Å². The van der Waals surface area contributed by atoms with E-state index in [1.54, 1.807) is 0 Å².